The Morgan fingerprint density at radius 2 is 1.80 bits per heavy atom. The van der Waals surface area contributed by atoms with Gasteiger partial charge in [0, 0.05) is 10.6 Å². The minimum Gasteiger partial charge on any atom is -0.480 e. The lowest BCUT2D eigenvalue weighted by Gasteiger charge is -2.26. The first-order chi connectivity index (χ1) is 9.23. The lowest BCUT2D eigenvalue weighted by Crippen LogP contribution is -2.40. The SMILES string of the molecule is CSc1ccc(N(CC(=O)O)C(=O)OC(C)(C)C)cc1. The highest BCUT2D eigenvalue weighted by atomic mass is 32.2. The van der Waals surface area contributed by atoms with Gasteiger partial charge in [-0.3, -0.25) is 9.69 Å². The Balaban J connectivity index is 2.98. The van der Waals surface area contributed by atoms with E-state index in [2.05, 4.69) is 0 Å². The number of carbonyl (C=O) groups excluding carboxylic acids is 1. The smallest absolute Gasteiger partial charge is 0.415 e. The largest absolute Gasteiger partial charge is 0.480 e. The van der Waals surface area contributed by atoms with E-state index in [1.165, 1.54) is 0 Å². The van der Waals surface area contributed by atoms with Gasteiger partial charge < -0.3 is 9.84 Å². The number of carboxylic acid groups (broad SMARTS) is 1. The molecule has 0 aliphatic heterocycles. The van der Waals surface area contributed by atoms with Crippen LogP contribution in [0.2, 0.25) is 0 Å². The van der Waals surface area contributed by atoms with Gasteiger partial charge in [0.15, 0.2) is 0 Å². The van der Waals surface area contributed by atoms with Crippen LogP contribution in [0.5, 0.6) is 0 Å². The molecule has 20 heavy (non-hydrogen) atoms. The molecule has 0 saturated carbocycles. The van der Waals surface area contributed by atoms with Gasteiger partial charge in [-0.1, -0.05) is 0 Å². The number of thioether (sulfide) groups is 1. The van der Waals surface area contributed by atoms with Gasteiger partial charge in [0.2, 0.25) is 0 Å². The molecular formula is C14H19NO4S. The van der Waals surface area contributed by atoms with Crippen molar-refractivity contribution in [2.24, 2.45) is 0 Å². The van der Waals surface area contributed by atoms with E-state index in [-0.39, 0.29) is 0 Å². The topological polar surface area (TPSA) is 66.8 Å². The Kier molecular flexibility index (Phi) is 5.44. The predicted octanol–water partition coefficient (Wildman–Crippen LogP) is 3.23. The van der Waals surface area contributed by atoms with E-state index in [0.29, 0.717) is 5.69 Å². The monoisotopic (exact) mass is 297 g/mol. The maximum absolute atomic E-state index is 12.1. The first-order valence-corrected chi connectivity index (χ1v) is 7.32. The fraction of sp³-hybridized carbons (Fsp3) is 0.429. The molecule has 1 rings (SSSR count). The number of hydrogen-bond acceptors (Lipinski definition) is 4. The quantitative estimate of drug-likeness (QED) is 0.864. The molecule has 5 nitrogen and oxygen atoms in total. The molecule has 0 atom stereocenters. The molecule has 0 heterocycles. The molecule has 0 radical (unpaired) electrons. The van der Waals surface area contributed by atoms with E-state index in [1.54, 1.807) is 44.7 Å². The number of benzene rings is 1. The van der Waals surface area contributed by atoms with Crippen LogP contribution in [0.1, 0.15) is 20.8 Å². The average molecular weight is 297 g/mol. The molecule has 0 spiro atoms. The van der Waals surface area contributed by atoms with Crippen LogP contribution in [0.25, 0.3) is 0 Å². The fourth-order valence-corrected chi connectivity index (χ4v) is 1.88. The molecule has 0 aliphatic rings. The summed E-state index contributed by atoms with van der Waals surface area (Å²) < 4.78 is 5.23. The summed E-state index contributed by atoms with van der Waals surface area (Å²) in [6.07, 6.45) is 1.27. The van der Waals surface area contributed by atoms with Gasteiger partial charge in [0.25, 0.3) is 0 Å². The summed E-state index contributed by atoms with van der Waals surface area (Å²) in [5.74, 6) is -1.09. The third kappa shape index (κ3) is 5.13. The minimum absolute atomic E-state index is 0.437. The van der Waals surface area contributed by atoms with E-state index in [0.717, 1.165) is 9.80 Å². The minimum atomic E-state index is -1.09. The van der Waals surface area contributed by atoms with Crippen molar-refractivity contribution in [3.05, 3.63) is 24.3 Å². The van der Waals surface area contributed by atoms with Crippen LogP contribution in [0.15, 0.2) is 29.2 Å². The molecule has 0 aromatic heterocycles. The zero-order chi connectivity index (χ0) is 15.3. The van der Waals surface area contributed by atoms with Crippen molar-refractivity contribution in [1.29, 1.82) is 0 Å². The number of anilines is 1. The predicted molar refractivity (Wildman–Crippen MR) is 79.4 cm³/mol. The zero-order valence-electron chi connectivity index (χ0n) is 12.0. The van der Waals surface area contributed by atoms with Gasteiger partial charge in [0.05, 0.1) is 0 Å². The molecule has 1 aromatic rings. The second-order valence-corrected chi connectivity index (χ2v) is 6.04. The van der Waals surface area contributed by atoms with Gasteiger partial charge >= 0.3 is 12.1 Å². The van der Waals surface area contributed by atoms with Crippen LogP contribution in [0, 0.1) is 0 Å². The van der Waals surface area contributed by atoms with Gasteiger partial charge in [-0.15, -0.1) is 11.8 Å². The number of carboxylic acids is 1. The van der Waals surface area contributed by atoms with Crippen LogP contribution in [-0.2, 0) is 9.53 Å². The van der Waals surface area contributed by atoms with E-state index in [1.807, 2.05) is 18.4 Å². The summed E-state index contributed by atoms with van der Waals surface area (Å²) in [7, 11) is 0. The van der Waals surface area contributed by atoms with Gasteiger partial charge in [0.1, 0.15) is 12.1 Å². The summed E-state index contributed by atoms with van der Waals surface area (Å²) in [5.41, 5.74) is -0.174. The fourth-order valence-electron chi connectivity index (χ4n) is 1.48. The van der Waals surface area contributed by atoms with E-state index in [9.17, 15) is 9.59 Å². The van der Waals surface area contributed by atoms with Crippen molar-refractivity contribution in [2.75, 3.05) is 17.7 Å². The Hall–Kier alpha value is -1.69. The highest BCUT2D eigenvalue weighted by Crippen LogP contribution is 2.22. The molecule has 0 unspecified atom stereocenters. The van der Waals surface area contributed by atoms with Crippen LogP contribution < -0.4 is 4.90 Å². The van der Waals surface area contributed by atoms with Crippen molar-refractivity contribution < 1.29 is 19.4 Å². The summed E-state index contributed by atoms with van der Waals surface area (Å²) in [5, 5.41) is 8.94. The average Bonchev–Trinajstić information content (AvgIpc) is 2.34. The second kappa shape index (κ2) is 6.65. The summed E-state index contributed by atoms with van der Waals surface area (Å²) in [6.45, 7) is 4.77. The summed E-state index contributed by atoms with van der Waals surface area (Å²) in [4.78, 5) is 25.2. The molecule has 1 amide bonds. The van der Waals surface area contributed by atoms with Crippen LogP contribution >= 0.6 is 11.8 Å². The molecule has 0 aliphatic carbocycles. The Labute approximate surface area is 122 Å². The maximum atomic E-state index is 12.1. The van der Waals surface area contributed by atoms with E-state index in [4.69, 9.17) is 9.84 Å². The number of aliphatic carboxylic acids is 1. The van der Waals surface area contributed by atoms with Crippen molar-refractivity contribution >= 4 is 29.5 Å². The first-order valence-electron chi connectivity index (χ1n) is 6.09. The van der Waals surface area contributed by atoms with Crippen LogP contribution in [-0.4, -0.2) is 35.6 Å². The molecule has 110 valence electrons. The first kappa shape index (κ1) is 16.4. The van der Waals surface area contributed by atoms with Crippen molar-refractivity contribution in [3.8, 4) is 0 Å². The number of carbonyl (C=O) groups is 2. The standard InChI is InChI=1S/C14H19NO4S/c1-14(2,3)19-13(18)15(9-12(16)17)10-5-7-11(20-4)8-6-10/h5-8H,9H2,1-4H3,(H,16,17). The summed E-state index contributed by atoms with van der Waals surface area (Å²) in [6, 6.07) is 7.08. The number of nitrogens with zero attached hydrogens (tertiary/aromatic N) is 1. The number of rotatable bonds is 4. The molecular weight excluding hydrogens is 278 g/mol. The molecule has 1 aromatic carbocycles. The van der Waals surface area contributed by atoms with Crippen LogP contribution in [0.4, 0.5) is 10.5 Å². The molecule has 0 fully saturated rings. The second-order valence-electron chi connectivity index (χ2n) is 5.16. The Morgan fingerprint density at radius 1 is 1.25 bits per heavy atom. The number of hydrogen-bond donors (Lipinski definition) is 1. The van der Waals surface area contributed by atoms with Gasteiger partial charge in [-0.25, -0.2) is 4.79 Å². The molecule has 6 heteroatoms. The molecule has 0 bridgehead atoms. The van der Waals surface area contributed by atoms with Crippen molar-refractivity contribution in [1.82, 2.24) is 0 Å². The lowest BCUT2D eigenvalue weighted by atomic mass is 10.2. The highest BCUT2D eigenvalue weighted by Gasteiger charge is 2.25. The zero-order valence-corrected chi connectivity index (χ0v) is 12.9. The van der Waals surface area contributed by atoms with Crippen molar-refractivity contribution in [2.45, 2.75) is 31.3 Å². The Morgan fingerprint density at radius 3 is 2.20 bits per heavy atom. The van der Waals surface area contributed by atoms with E-state index < -0.39 is 24.2 Å². The van der Waals surface area contributed by atoms with E-state index >= 15 is 0 Å². The third-order valence-electron chi connectivity index (χ3n) is 2.29. The molecule has 1 N–H and O–H groups in total. The maximum Gasteiger partial charge on any atom is 0.415 e. The Bertz CT molecular complexity index is 479. The van der Waals surface area contributed by atoms with Gasteiger partial charge in [-0.2, -0.15) is 0 Å². The number of ether oxygens (including phenoxy) is 1. The van der Waals surface area contributed by atoms with Crippen LogP contribution in [0.3, 0.4) is 0 Å². The highest BCUT2D eigenvalue weighted by molar-refractivity contribution is 7.98. The molecule has 0 saturated heterocycles. The normalized spacial score (nSPS) is 11.0. The third-order valence-corrected chi connectivity index (χ3v) is 3.03. The van der Waals surface area contributed by atoms with Crippen molar-refractivity contribution in [3.63, 3.8) is 0 Å². The lowest BCUT2D eigenvalue weighted by molar-refractivity contribution is -0.135. The van der Waals surface area contributed by atoms with Gasteiger partial charge in [-0.05, 0) is 51.3 Å². The number of amides is 1. The summed E-state index contributed by atoms with van der Waals surface area (Å²) >= 11 is 1.57.